The molecule has 2 aromatic heterocycles. The fourth-order valence-electron chi connectivity index (χ4n) is 3.85. The SMILES string of the molecule is COc1ccc(-n2c(C)cc(C(=O)NCc3ccccc3Cn3ccnc3)c2C)cc1. The molecule has 0 unspecified atom stereocenters. The summed E-state index contributed by atoms with van der Waals surface area (Å²) in [6.07, 6.45) is 5.50. The van der Waals surface area contributed by atoms with E-state index in [-0.39, 0.29) is 5.91 Å². The van der Waals surface area contributed by atoms with Crippen molar-refractivity contribution in [3.8, 4) is 11.4 Å². The molecule has 0 atom stereocenters. The molecule has 0 aliphatic heterocycles. The summed E-state index contributed by atoms with van der Waals surface area (Å²) in [5.41, 5.74) is 5.85. The van der Waals surface area contributed by atoms with Crippen LogP contribution in [0.2, 0.25) is 0 Å². The van der Waals surface area contributed by atoms with E-state index in [4.69, 9.17) is 4.74 Å². The maximum Gasteiger partial charge on any atom is 0.253 e. The van der Waals surface area contributed by atoms with Crippen LogP contribution >= 0.6 is 0 Å². The third-order valence-corrected chi connectivity index (χ3v) is 5.48. The first-order valence-corrected chi connectivity index (χ1v) is 10.2. The number of carbonyl (C=O) groups is 1. The van der Waals surface area contributed by atoms with Crippen LogP contribution in [-0.4, -0.2) is 27.1 Å². The lowest BCUT2D eigenvalue weighted by molar-refractivity contribution is 0.0950. The number of benzene rings is 2. The summed E-state index contributed by atoms with van der Waals surface area (Å²) in [5, 5.41) is 3.09. The predicted molar refractivity (Wildman–Crippen MR) is 121 cm³/mol. The Bertz CT molecular complexity index is 1170. The molecule has 0 aliphatic carbocycles. The van der Waals surface area contributed by atoms with E-state index in [1.165, 1.54) is 0 Å². The Balaban J connectivity index is 1.51. The number of hydrogen-bond donors (Lipinski definition) is 1. The first-order valence-electron chi connectivity index (χ1n) is 10.2. The Morgan fingerprint density at radius 3 is 2.48 bits per heavy atom. The Kier molecular flexibility index (Phi) is 5.89. The maximum atomic E-state index is 13.0. The minimum Gasteiger partial charge on any atom is -0.497 e. The lowest BCUT2D eigenvalue weighted by Gasteiger charge is -2.12. The molecule has 1 amide bonds. The average Bonchev–Trinajstić information content (AvgIpc) is 3.40. The Morgan fingerprint density at radius 1 is 1.06 bits per heavy atom. The highest BCUT2D eigenvalue weighted by atomic mass is 16.5. The molecule has 1 N–H and O–H groups in total. The Morgan fingerprint density at radius 2 is 1.81 bits per heavy atom. The van der Waals surface area contributed by atoms with Crippen molar-refractivity contribution in [3.05, 3.63) is 101 Å². The summed E-state index contributed by atoms with van der Waals surface area (Å²) < 4.78 is 9.35. The monoisotopic (exact) mass is 414 g/mol. The normalized spacial score (nSPS) is 10.8. The van der Waals surface area contributed by atoms with Crippen molar-refractivity contribution in [1.29, 1.82) is 0 Å². The number of amides is 1. The van der Waals surface area contributed by atoms with Crippen molar-refractivity contribution in [1.82, 2.24) is 19.4 Å². The summed E-state index contributed by atoms with van der Waals surface area (Å²) in [6.45, 7) is 5.17. The highest BCUT2D eigenvalue weighted by molar-refractivity contribution is 5.95. The van der Waals surface area contributed by atoms with E-state index in [1.54, 1.807) is 19.6 Å². The number of hydrogen-bond acceptors (Lipinski definition) is 3. The molecule has 31 heavy (non-hydrogen) atoms. The third-order valence-electron chi connectivity index (χ3n) is 5.48. The fraction of sp³-hybridized carbons (Fsp3) is 0.200. The summed E-state index contributed by atoms with van der Waals surface area (Å²) in [7, 11) is 1.65. The maximum absolute atomic E-state index is 13.0. The van der Waals surface area contributed by atoms with Crippen molar-refractivity contribution in [3.63, 3.8) is 0 Å². The van der Waals surface area contributed by atoms with Crippen molar-refractivity contribution in [2.75, 3.05) is 7.11 Å². The first kappa shape index (κ1) is 20.5. The lowest BCUT2D eigenvalue weighted by Crippen LogP contribution is -2.24. The van der Waals surface area contributed by atoms with E-state index >= 15 is 0 Å². The number of nitrogens with one attached hydrogen (secondary N) is 1. The lowest BCUT2D eigenvalue weighted by atomic mass is 10.1. The number of methoxy groups -OCH3 is 1. The number of ether oxygens (including phenoxy) is 1. The van der Waals surface area contributed by atoms with Crippen LogP contribution in [0.4, 0.5) is 0 Å². The van der Waals surface area contributed by atoms with E-state index in [0.29, 0.717) is 12.1 Å². The van der Waals surface area contributed by atoms with Gasteiger partial charge in [0.15, 0.2) is 0 Å². The van der Waals surface area contributed by atoms with E-state index < -0.39 is 0 Å². The van der Waals surface area contributed by atoms with E-state index in [9.17, 15) is 4.79 Å². The molecule has 0 aliphatic rings. The van der Waals surface area contributed by atoms with Gasteiger partial charge in [-0.15, -0.1) is 0 Å². The first-order chi connectivity index (χ1) is 15.1. The van der Waals surface area contributed by atoms with Gasteiger partial charge in [0.1, 0.15) is 5.75 Å². The van der Waals surface area contributed by atoms with Crippen LogP contribution in [0.1, 0.15) is 32.9 Å². The summed E-state index contributed by atoms with van der Waals surface area (Å²) in [4.78, 5) is 17.1. The van der Waals surface area contributed by atoms with Crippen molar-refractivity contribution >= 4 is 5.91 Å². The van der Waals surface area contributed by atoms with Gasteiger partial charge in [0.2, 0.25) is 0 Å². The number of aromatic nitrogens is 3. The number of rotatable bonds is 7. The van der Waals surface area contributed by atoms with Gasteiger partial charge in [-0.25, -0.2) is 4.98 Å². The van der Waals surface area contributed by atoms with Gasteiger partial charge < -0.3 is 19.2 Å². The molecule has 0 fully saturated rings. The van der Waals surface area contributed by atoms with Gasteiger partial charge in [-0.05, 0) is 55.3 Å². The van der Waals surface area contributed by atoms with Gasteiger partial charge >= 0.3 is 0 Å². The minimum atomic E-state index is -0.0784. The molecule has 0 radical (unpaired) electrons. The third kappa shape index (κ3) is 4.38. The van der Waals surface area contributed by atoms with Crippen LogP contribution in [0.15, 0.2) is 73.3 Å². The van der Waals surface area contributed by atoms with Crippen LogP contribution in [-0.2, 0) is 13.1 Å². The van der Waals surface area contributed by atoms with Crippen LogP contribution in [0.25, 0.3) is 5.69 Å². The van der Waals surface area contributed by atoms with Gasteiger partial charge in [0, 0.05) is 42.6 Å². The molecular weight excluding hydrogens is 388 g/mol. The van der Waals surface area contributed by atoms with Gasteiger partial charge in [0.05, 0.1) is 19.0 Å². The number of nitrogens with zero attached hydrogens (tertiary/aromatic N) is 3. The van der Waals surface area contributed by atoms with Gasteiger partial charge in [-0.1, -0.05) is 24.3 Å². The van der Waals surface area contributed by atoms with Crippen molar-refractivity contribution in [2.24, 2.45) is 0 Å². The van der Waals surface area contributed by atoms with Gasteiger partial charge in [-0.3, -0.25) is 4.79 Å². The zero-order valence-electron chi connectivity index (χ0n) is 18.0. The molecular formula is C25H26N4O2. The largest absolute Gasteiger partial charge is 0.497 e. The molecule has 0 saturated heterocycles. The van der Waals surface area contributed by atoms with Crippen LogP contribution < -0.4 is 10.1 Å². The van der Waals surface area contributed by atoms with Crippen LogP contribution in [0.5, 0.6) is 5.75 Å². The van der Waals surface area contributed by atoms with E-state index in [0.717, 1.165) is 40.5 Å². The molecule has 6 heteroatoms. The number of imidazole rings is 1. The molecule has 4 rings (SSSR count). The number of aryl methyl sites for hydroxylation is 1. The summed E-state index contributed by atoms with van der Waals surface area (Å²) >= 11 is 0. The molecule has 2 aromatic carbocycles. The predicted octanol–water partition coefficient (Wildman–Crippen LogP) is 4.28. The minimum absolute atomic E-state index is 0.0784. The smallest absolute Gasteiger partial charge is 0.253 e. The quantitative estimate of drug-likeness (QED) is 0.491. The summed E-state index contributed by atoms with van der Waals surface area (Å²) in [5.74, 6) is 0.726. The van der Waals surface area contributed by atoms with E-state index in [2.05, 4.69) is 20.9 Å². The molecule has 4 aromatic rings. The summed E-state index contributed by atoms with van der Waals surface area (Å²) in [6, 6.07) is 17.9. The molecule has 0 spiro atoms. The second-order valence-corrected chi connectivity index (χ2v) is 7.50. The topological polar surface area (TPSA) is 61.1 Å². The molecule has 158 valence electrons. The highest BCUT2D eigenvalue weighted by Gasteiger charge is 2.17. The zero-order chi connectivity index (χ0) is 21.8. The van der Waals surface area contributed by atoms with Gasteiger partial charge in [-0.2, -0.15) is 0 Å². The van der Waals surface area contributed by atoms with Crippen molar-refractivity contribution in [2.45, 2.75) is 26.9 Å². The molecule has 0 bridgehead atoms. The second kappa shape index (κ2) is 8.92. The Labute approximate surface area is 182 Å². The highest BCUT2D eigenvalue weighted by Crippen LogP contribution is 2.23. The average molecular weight is 415 g/mol. The second-order valence-electron chi connectivity index (χ2n) is 7.50. The fourth-order valence-corrected chi connectivity index (χ4v) is 3.85. The van der Waals surface area contributed by atoms with Crippen LogP contribution in [0.3, 0.4) is 0 Å². The Hall–Kier alpha value is -3.80. The molecule has 0 saturated carbocycles. The standard InChI is InChI=1S/C25H26N4O2/c1-18-14-24(19(2)29(18)22-8-10-23(31-3)11-9-22)25(30)27-15-20-6-4-5-7-21(20)16-28-13-12-26-17-28/h4-14,17H,15-16H2,1-3H3,(H,27,30). The van der Waals surface area contributed by atoms with Crippen LogP contribution in [0, 0.1) is 13.8 Å². The van der Waals surface area contributed by atoms with Gasteiger partial charge in [0.25, 0.3) is 5.91 Å². The van der Waals surface area contributed by atoms with E-state index in [1.807, 2.05) is 73.1 Å². The molecule has 2 heterocycles. The number of carbonyl (C=O) groups excluding carboxylic acids is 1. The van der Waals surface area contributed by atoms with Crippen molar-refractivity contribution < 1.29 is 9.53 Å². The molecule has 6 nitrogen and oxygen atoms in total. The zero-order valence-corrected chi connectivity index (χ0v) is 18.0.